The van der Waals surface area contributed by atoms with Crippen LogP contribution in [0.3, 0.4) is 0 Å². The summed E-state index contributed by atoms with van der Waals surface area (Å²) in [7, 11) is 0. The third kappa shape index (κ3) is 2.85. The molecule has 32 heavy (non-hydrogen) atoms. The summed E-state index contributed by atoms with van der Waals surface area (Å²) in [5.41, 5.74) is 3.13. The molecule has 1 aliphatic rings. The number of imidazole rings is 1. The number of benzene rings is 1. The van der Waals surface area contributed by atoms with Gasteiger partial charge in [0.1, 0.15) is 5.65 Å². The second kappa shape index (κ2) is 7.23. The second-order valence-electron chi connectivity index (χ2n) is 8.00. The lowest BCUT2D eigenvalue weighted by Crippen LogP contribution is -2.42. The number of rotatable bonds is 3. The zero-order valence-corrected chi connectivity index (χ0v) is 17.1. The fourth-order valence-corrected chi connectivity index (χ4v) is 4.66. The van der Waals surface area contributed by atoms with E-state index in [9.17, 15) is 9.59 Å². The first-order valence-electron chi connectivity index (χ1n) is 10.5. The van der Waals surface area contributed by atoms with Gasteiger partial charge in [0, 0.05) is 30.2 Å². The second-order valence-corrected chi connectivity index (χ2v) is 8.00. The number of nitrogens with zero attached hydrogens (tertiary/aromatic N) is 4. The molecule has 0 aliphatic carbocycles. The van der Waals surface area contributed by atoms with Crippen LogP contribution in [0.1, 0.15) is 29.4 Å². The number of hydrogen-bond acceptors (Lipinski definition) is 5. The maximum Gasteiger partial charge on any atom is 0.326 e. The molecule has 0 unspecified atom stereocenters. The normalized spacial score (nSPS) is 16.8. The lowest BCUT2D eigenvalue weighted by Gasteiger charge is -2.33. The van der Waals surface area contributed by atoms with Gasteiger partial charge in [0.25, 0.3) is 5.91 Å². The number of fused-ring (bicyclic) bond motifs is 3. The molecule has 1 aliphatic heterocycles. The molecule has 4 aromatic heterocycles. The van der Waals surface area contributed by atoms with E-state index in [0.29, 0.717) is 30.1 Å². The van der Waals surface area contributed by atoms with E-state index in [2.05, 4.69) is 19.9 Å². The Balaban J connectivity index is 1.36. The maximum atomic E-state index is 13.4. The first-order valence-corrected chi connectivity index (χ1v) is 10.5. The molecule has 0 spiro atoms. The molecule has 9 heteroatoms. The molecule has 1 amide bonds. The van der Waals surface area contributed by atoms with Gasteiger partial charge in [0.2, 0.25) is 0 Å². The number of hydrogen-bond donors (Lipinski definition) is 2. The third-order valence-electron chi connectivity index (χ3n) is 6.11. The van der Waals surface area contributed by atoms with Crippen LogP contribution in [0.5, 0.6) is 0 Å². The minimum Gasteiger partial charge on any atom is -0.443 e. The fraction of sp³-hybridized carbons (Fsp3) is 0.217. The average molecular weight is 428 g/mol. The first-order chi connectivity index (χ1) is 15.7. The highest BCUT2D eigenvalue weighted by Crippen LogP contribution is 2.30. The summed E-state index contributed by atoms with van der Waals surface area (Å²) >= 11 is 0. The van der Waals surface area contributed by atoms with Crippen molar-refractivity contribution in [2.24, 2.45) is 0 Å². The van der Waals surface area contributed by atoms with Crippen LogP contribution in [-0.2, 0) is 0 Å². The minimum atomic E-state index is -0.193. The highest BCUT2D eigenvalue weighted by molar-refractivity contribution is 6.01. The Morgan fingerprint density at radius 3 is 2.91 bits per heavy atom. The number of carbonyl (C=O) groups excluding carboxylic acids is 1. The number of aromatic amines is 2. The SMILES string of the molecule is O=C(c1ncoc1-c1ccccc1)N1CCC[C@@H](n2c(=O)[nH]c3cnc4[nH]ccc4c32)C1. The Morgan fingerprint density at radius 1 is 1.16 bits per heavy atom. The van der Waals surface area contributed by atoms with E-state index >= 15 is 0 Å². The van der Waals surface area contributed by atoms with E-state index in [0.717, 1.165) is 35.0 Å². The van der Waals surface area contributed by atoms with Crippen LogP contribution in [-0.4, -0.2) is 48.4 Å². The largest absolute Gasteiger partial charge is 0.443 e. The van der Waals surface area contributed by atoms with Crippen LogP contribution in [0.25, 0.3) is 33.4 Å². The monoisotopic (exact) mass is 428 g/mol. The van der Waals surface area contributed by atoms with Gasteiger partial charge in [-0.05, 0) is 18.9 Å². The molecule has 0 radical (unpaired) electrons. The van der Waals surface area contributed by atoms with Crippen LogP contribution < -0.4 is 5.69 Å². The predicted molar refractivity (Wildman–Crippen MR) is 118 cm³/mol. The number of aromatic nitrogens is 5. The van der Waals surface area contributed by atoms with Crippen molar-refractivity contribution in [1.82, 2.24) is 29.4 Å². The summed E-state index contributed by atoms with van der Waals surface area (Å²) in [6.45, 7) is 1.02. The Labute approximate surface area is 181 Å². The van der Waals surface area contributed by atoms with Gasteiger partial charge in [0.05, 0.1) is 23.3 Å². The molecule has 5 heterocycles. The minimum absolute atomic E-state index is 0.151. The number of amides is 1. The quantitative estimate of drug-likeness (QED) is 0.458. The molecule has 0 bridgehead atoms. The average Bonchev–Trinajstić information content (AvgIpc) is 3.56. The lowest BCUT2D eigenvalue weighted by atomic mass is 10.0. The Kier molecular flexibility index (Phi) is 4.20. The topological polar surface area (TPSA) is 113 Å². The van der Waals surface area contributed by atoms with Gasteiger partial charge >= 0.3 is 5.69 Å². The van der Waals surface area contributed by atoms with Crippen molar-refractivity contribution in [1.29, 1.82) is 0 Å². The van der Waals surface area contributed by atoms with Crippen LogP contribution in [0.4, 0.5) is 0 Å². The van der Waals surface area contributed by atoms with Crippen molar-refractivity contribution in [3.8, 4) is 11.3 Å². The van der Waals surface area contributed by atoms with E-state index in [1.54, 1.807) is 15.7 Å². The number of oxazole rings is 1. The molecule has 1 aromatic carbocycles. The summed E-state index contributed by atoms with van der Waals surface area (Å²) in [4.78, 5) is 42.6. The van der Waals surface area contributed by atoms with Gasteiger partial charge in [-0.2, -0.15) is 0 Å². The van der Waals surface area contributed by atoms with Gasteiger partial charge in [-0.1, -0.05) is 30.3 Å². The third-order valence-corrected chi connectivity index (χ3v) is 6.11. The molecular weight excluding hydrogens is 408 g/mol. The smallest absolute Gasteiger partial charge is 0.326 e. The summed E-state index contributed by atoms with van der Waals surface area (Å²) in [6.07, 6.45) is 6.37. The summed E-state index contributed by atoms with van der Waals surface area (Å²) < 4.78 is 7.32. The Hall–Kier alpha value is -4.14. The number of piperidine rings is 1. The summed E-state index contributed by atoms with van der Waals surface area (Å²) in [5.74, 6) is 0.269. The predicted octanol–water partition coefficient (Wildman–Crippen LogP) is 3.34. The molecule has 5 aromatic rings. The summed E-state index contributed by atoms with van der Waals surface area (Å²) in [6, 6.07) is 11.2. The van der Waals surface area contributed by atoms with Crippen LogP contribution in [0, 0.1) is 0 Å². The van der Waals surface area contributed by atoms with Gasteiger partial charge in [-0.25, -0.2) is 14.8 Å². The lowest BCUT2D eigenvalue weighted by molar-refractivity contribution is 0.0675. The fourth-order valence-electron chi connectivity index (χ4n) is 4.66. The van der Waals surface area contributed by atoms with Crippen molar-refractivity contribution in [2.45, 2.75) is 18.9 Å². The molecule has 1 atom stereocenters. The zero-order valence-electron chi connectivity index (χ0n) is 17.1. The van der Waals surface area contributed by atoms with E-state index in [1.807, 2.05) is 42.6 Å². The maximum absolute atomic E-state index is 13.4. The summed E-state index contributed by atoms with van der Waals surface area (Å²) in [5, 5.41) is 0.882. The van der Waals surface area contributed by atoms with Crippen molar-refractivity contribution in [3.05, 3.63) is 71.4 Å². The highest BCUT2D eigenvalue weighted by Gasteiger charge is 2.31. The Bertz CT molecular complexity index is 1490. The molecule has 160 valence electrons. The van der Waals surface area contributed by atoms with Gasteiger partial charge in [-0.15, -0.1) is 0 Å². The molecule has 6 rings (SSSR count). The van der Waals surface area contributed by atoms with Crippen molar-refractivity contribution >= 4 is 28.0 Å². The van der Waals surface area contributed by atoms with E-state index in [4.69, 9.17) is 4.42 Å². The van der Waals surface area contributed by atoms with E-state index < -0.39 is 0 Å². The Morgan fingerprint density at radius 2 is 2.03 bits per heavy atom. The highest BCUT2D eigenvalue weighted by atomic mass is 16.3. The van der Waals surface area contributed by atoms with Crippen LogP contribution >= 0.6 is 0 Å². The molecule has 1 fully saturated rings. The number of H-pyrrole nitrogens is 2. The zero-order chi connectivity index (χ0) is 21.7. The van der Waals surface area contributed by atoms with Crippen LogP contribution in [0.15, 0.2) is 64.4 Å². The van der Waals surface area contributed by atoms with Gasteiger partial charge < -0.3 is 19.3 Å². The van der Waals surface area contributed by atoms with Crippen molar-refractivity contribution in [2.75, 3.05) is 13.1 Å². The van der Waals surface area contributed by atoms with E-state index in [-0.39, 0.29) is 17.6 Å². The van der Waals surface area contributed by atoms with Gasteiger partial charge in [0.15, 0.2) is 17.8 Å². The van der Waals surface area contributed by atoms with Gasteiger partial charge in [-0.3, -0.25) is 9.36 Å². The first kappa shape index (κ1) is 18.6. The van der Waals surface area contributed by atoms with Crippen molar-refractivity contribution < 1.29 is 9.21 Å². The van der Waals surface area contributed by atoms with E-state index in [1.165, 1.54) is 6.39 Å². The number of carbonyl (C=O) groups is 1. The number of likely N-dealkylation sites (tertiary alicyclic amines) is 1. The molecule has 2 N–H and O–H groups in total. The molecular formula is C23H20N6O3. The molecule has 1 saturated heterocycles. The van der Waals surface area contributed by atoms with Crippen LogP contribution in [0.2, 0.25) is 0 Å². The molecule has 9 nitrogen and oxygen atoms in total. The van der Waals surface area contributed by atoms with Crippen molar-refractivity contribution in [3.63, 3.8) is 0 Å². The molecule has 0 saturated carbocycles. The standard InChI is InChI=1S/C23H20N6O3/c30-22(18-20(32-13-26-18)14-5-2-1-3-6-14)28-10-4-7-15(12-28)29-19-16-8-9-24-21(16)25-11-17(19)27-23(29)31/h1-3,5-6,8-9,11,13,15H,4,7,10,12H2,(H,24,25)(H,27,31)/t15-/m1/s1. The number of nitrogens with one attached hydrogen (secondary N) is 2. The number of pyridine rings is 1.